The summed E-state index contributed by atoms with van der Waals surface area (Å²) in [6.45, 7) is 5.40. The average molecular weight is 267 g/mol. The first kappa shape index (κ1) is 13.5. The summed E-state index contributed by atoms with van der Waals surface area (Å²) in [5.74, 6) is 5.84. The van der Waals surface area contributed by atoms with Gasteiger partial charge in [-0.25, -0.2) is 5.84 Å². The van der Waals surface area contributed by atoms with E-state index >= 15 is 0 Å². The first-order chi connectivity index (χ1) is 8.74. The zero-order valence-corrected chi connectivity index (χ0v) is 11.6. The number of hydrogen-bond donors (Lipinski definition) is 2. The fraction of sp³-hybridized carbons (Fsp3) is 0.615. The van der Waals surface area contributed by atoms with Gasteiger partial charge in [0.25, 0.3) is 5.91 Å². The third kappa shape index (κ3) is 3.10. The van der Waals surface area contributed by atoms with Crippen LogP contribution in [0, 0.1) is 5.92 Å². The van der Waals surface area contributed by atoms with E-state index in [-0.39, 0.29) is 5.91 Å². The van der Waals surface area contributed by atoms with Crippen LogP contribution in [-0.4, -0.2) is 23.9 Å². The van der Waals surface area contributed by atoms with Gasteiger partial charge in [-0.05, 0) is 42.3 Å². The van der Waals surface area contributed by atoms with Crippen LogP contribution in [0.4, 0.5) is 0 Å². The van der Waals surface area contributed by atoms with Gasteiger partial charge in [0.05, 0.1) is 4.88 Å². The van der Waals surface area contributed by atoms with Crippen LogP contribution in [0.3, 0.4) is 0 Å². The van der Waals surface area contributed by atoms with Gasteiger partial charge in [0.15, 0.2) is 0 Å². The molecular formula is C13H21N3OS. The lowest BCUT2D eigenvalue weighted by Crippen LogP contribution is -2.35. The molecule has 1 aromatic rings. The lowest BCUT2D eigenvalue weighted by atomic mass is 9.95. The van der Waals surface area contributed by atoms with Crippen molar-refractivity contribution in [3.05, 3.63) is 21.9 Å². The Kier molecular flexibility index (Phi) is 4.74. The highest BCUT2D eigenvalue weighted by Crippen LogP contribution is 2.23. The highest BCUT2D eigenvalue weighted by atomic mass is 32.1. The average Bonchev–Trinajstić information content (AvgIpc) is 2.86. The molecule has 1 fully saturated rings. The van der Waals surface area contributed by atoms with E-state index in [1.807, 2.05) is 11.4 Å². The standard InChI is InChI=1S/C13H21N3OS/c1-2-10-4-3-6-16(8-10)9-11-5-7-18-12(11)13(17)15-14/h5,7,10H,2-4,6,8-9,14H2,1H3,(H,15,17). The SMILES string of the molecule is CCC1CCCN(Cc2ccsc2C(=O)NN)C1. The first-order valence-electron chi connectivity index (χ1n) is 6.54. The number of amides is 1. The number of nitrogens with one attached hydrogen (secondary N) is 1. The topological polar surface area (TPSA) is 58.4 Å². The van der Waals surface area contributed by atoms with Crippen LogP contribution in [-0.2, 0) is 6.54 Å². The molecule has 5 heteroatoms. The monoisotopic (exact) mass is 267 g/mol. The van der Waals surface area contributed by atoms with Gasteiger partial charge >= 0.3 is 0 Å². The summed E-state index contributed by atoms with van der Waals surface area (Å²) in [7, 11) is 0. The molecule has 0 saturated carbocycles. The zero-order valence-electron chi connectivity index (χ0n) is 10.8. The highest BCUT2D eigenvalue weighted by molar-refractivity contribution is 7.12. The largest absolute Gasteiger partial charge is 0.299 e. The maximum Gasteiger partial charge on any atom is 0.275 e. The second kappa shape index (κ2) is 6.31. The Morgan fingerprint density at radius 3 is 3.22 bits per heavy atom. The van der Waals surface area contributed by atoms with Gasteiger partial charge in [0, 0.05) is 13.1 Å². The van der Waals surface area contributed by atoms with Gasteiger partial charge in [0.1, 0.15) is 0 Å². The minimum absolute atomic E-state index is 0.177. The van der Waals surface area contributed by atoms with Crippen LogP contribution in [0.1, 0.15) is 41.4 Å². The minimum atomic E-state index is -0.177. The van der Waals surface area contributed by atoms with Crippen LogP contribution < -0.4 is 11.3 Å². The van der Waals surface area contributed by atoms with E-state index in [4.69, 9.17) is 5.84 Å². The Bertz CT molecular complexity index is 405. The molecule has 0 aromatic carbocycles. The van der Waals surface area contributed by atoms with Crippen LogP contribution in [0.5, 0.6) is 0 Å². The van der Waals surface area contributed by atoms with Crippen LogP contribution >= 0.6 is 11.3 Å². The molecule has 3 N–H and O–H groups in total. The second-order valence-corrected chi connectivity index (χ2v) is 5.82. The van der Waals surface area contributed by atoms with Crippen molar-refractivity contribution in [1.82, 2.24) is 10.3 Å². The quantitative estimate of drug-likeness (QED) is 0.498. The fourth-order valence-electron chi connectivity index (χ4n) is 2.59. The Morgan fingerprint density at radius 2 is 2.50 bits per heavy atom. The number of piperidine rings is 1. The van der Waals surface area contributed by atoms with Crippen molar-refractivity contribution in [3.63, 3.8) is 0 Å². The second-order valence-electron chi connectivity index (χ2n) is 4.90. The molecule has 0 bridgehead atoms. The van der Waals surface area contributed by atoms with Gasteiger partial charge in [-0.3, -0.25) is 15.1 Å². The maximum atomic E-state index is 11.6. The lowest BCUT2D eigenvalue weighted by Gasteiger charge is -2.32. The number of likely N-dealkylation sites (tertiary alicyclic amines) is 1. The predicted molar refractivity (Wildman–Crippen MR) is 74.3 cm³/mol. The van der Waals surface area contributed by atoms with E-state index < -0.39 is 0 Å². The maximum absolute atomic E-state index is 11.6. The van der Waals surface area contributed by atoms with E-state index in [1.165, 1.54) is 30.6 Å². The summed E-state index contributed by atoms with van der Waals surface area (Å²) in [6.07, 6.45) is 3.85. The molecular weight excluding hydrogens is 246 g/mol. The van der Waals surface area contributed by atoms with Gasteiger partial charge < -0.3 is 0 Å². The zero-order chi connectivity index (χ0) is 13.0. The number of nitrogen functional groups attached to an aromatic ring is 1. The summed E-state index contributed by atoms with van der Waals surface area (Å²) >= 11 is 1.46. The predicted octanol–water partition coefficient (Wildman–Crippen LogP) is 1.97. The molecule has 18 heavy (non-hydrogen) atoms. The molecule has 1 amide bonds. The number of carbonyl (C=O) groups excluding carboxylic acids is 1. The van der Waals surface area contributed by atoms with Crippen LogP contribution in [0.15, 0.2) is 11.4 Å². The number of rotatable bonds is 4. The smallest absolute Gasteiger partial charge is 0.275 e. The van der Waals surface area contributed by atoms with Crippen molar-refractivity contribution in [2.24, 2.45) is 11.8 Å². The Hall–Kier alpha value is -0.910. The van der Waals surface area contributed by atoms with Crippen LogP contribution in [0.25, 0.3) is 0 Å². The molecule has 2 heterocycles. The molecule has 1 unspecified atom stereocenters. The Morgan fingerprint density at radius 1 is 1.67 bits per heavy atom. The number of nitrogens with zero attached hydrogens (tertiary/aromatic N) is 1. The molecule has 100 valence electrons. The first-order valence-corrected chi connectivity index (χ1v) is 7.42. The molecule has 0 radical (unpaired) electrons. The molecule has 1 aliphatic rings. The highest BCUT2D eigenvalue weighted by Gasteiger charge is 2.20. The number of carbonyl (C=O) groups is 1. The molecule has 2 rings (SSSR count). The molecule has 1 aliphatic heterocycles. The normalized spacial score (nSPS) is 20.9. The Balaban J connectivity index is 2.00. The summed E-state index contributed by atoms with van der Waals surface area (Å²) in [6, 6.07) is 2.03. The summed E-state index contributed by atoms with van der Waals surface area (Å²) in [4.78, 5) is 14.8. The van der Waals surface area contributed by atoms with E-state index in [0.29, 0.717) is 0 Å². The number of hydrogen-bond acceptors (Lipinski definition) is 4. The van der Waals surface area contributed by atoms with Crippen LogP contribution in [0.2, 0.25) is 0 Å². The summed E-state index contributed by atoms with van der Waals surface area (Å²) in [5.41, 5.74) is 3.31. The lowest BCUT2D eigenvalue weighted by molar-refractivity contribution is 0.0954. The van der Waals surface area contributed by atoms with E-state index in [1.54, 1.807) is 0 Å². The van der Waals surface area contributed by atoms with Gasteiger partial charge in [-0.1, -0.05) is 13.3 Å². The summed E-state index contributed by atoms with van der Waals surface area (Å²) in [5, 5.41) is 1.96. The molecule has 1 saturated heterocycles. The van der Waals surface area contributed by atoms with Gasteiger partial charge in [-0.15, -0.1) is 11.3 Å². The van der Waals surface area contributed by atoms with Crippen molar-refractivity contribution >= 4 is 17.2 Å². The van der Waals surface area contributed by atoms with Crippen molar-refractivity contribution in [1.29, 1.82) is 0 Å². The molecule has 4 nitrogen and oxygen atoms in total. The fourth-order valence-corrected chi connectivity index (χ4v) is 3.41. The van der Waals surface area contributed by atoms with Crippen molar-refractivity contribution in [3.8, 4) is 0 Å². The van der Waals surface area contributed by atoms with Crippen molar-refractivity contribution < 1.29 is 4.79 Å². The van der Waals surface area contributed by atoms with E-state index in [2.05, 4.69) is 17.2 Å². The number of nitrogens with two attached hydrogens (primary N) is 1. The minimum Gasteiger partial charge on any atom is -0.299 e. The number of hydrazine groups is 1. The summed E-state index contributed by atoms with van der Waals surface area (Å²) < 4.78 is 0. The van der Waals surface area contributed by atoms with Crippen molar-refractivity contribution in [2.45, 2.75) is 32.7 Å². The molecule has 0 spiro atoms. The molecule has 1 atom stereocenters. The third-order valence-electron chi connectivity index (χ3n) is 3.66. The number of thiophene rings is 1. The Labute approximate surface area is 112 Å². The molecule has 0 aliphatic carbocycles. The van der Waals surface area contributed by atoms with E-state index in [0.717, 1.165) is 36.0 Å². The van der Waals surface area contributed by atoms with E-state index in [9.17, 15) is 4.79 Å². The molecule has 1 aromatic heterocycles. The van der Waals surface area contributed by atoms with Gasteiger partial charge in [-0.2, -0.15) is 0 Å². The van der Waals surface area contributed by atoms with Crippen molar-refractivity contribution in [2.75, 3.05) is 13.1 Å². The van der Waals surface area contributed by atoms with Gasteiger partial charge in [0.2, 0.25) is 0 Å². The third-order valence-corrected chi connectivity index (χ3v) is 4.61.